The second-order valence-corrected chi connectivity index (χ2v) is 7.92. The second-order valence-electron chi connectivity index (χ2n) is 5.42. The number of carbonyl (C=O) groups is 1. The van der Waals surface area contributed by atoms with Gasteiger partial charge < -0.3 is 4.90 Å². The fraction of sp³-hybridized carbons (Fsp3) is 0.692. The fourth-order valence-electron chi connectivity index (χ4n) is 2.82. The molecule has 0 aliphatic heterocycles. The second kappa shape index (κ2) is 6.36. The van der Waals surface area contributed by atoms with Crippen molar-refractivity contribution in [2.24, 2.45) is 0 Å². The summed E-state index contributed by atoms with van der Waals surface area (Å²) in [5.74, 6) is -0.389. The predicted molar refractivity (Wildman–Crippen MR) is 80.0 cm³/mol. The van der Waals surface area contributed by atoms with Gasteiger partial charge in [-0.25, -0.2) is 8.42 Å². The molecule has 21 heavy (non-hydrogen) atoms. The maximum atomic E-state index is 12.5. The molecule has 1 N–H and O–H groups in total. The Morgan fingerprint density at radius 2 is 2.05 bits per heavy atom. The van der Waals surface area contributed by atoms with E-state index in [2.05, 4.69) is 10.2 Å². The van der Waals surface area contributed by atoms with Gasteiger partial charge in [0.2, 0.25) is 0 Å². The van der Waals surface area contributed by atoms with Crippen LogP contribution >= 0.6 is 10.7 Å². The molecule has 0 spiro atoms. The minimum atomic E-state index is -4.01. The first-order valence-electron chi connectivity index (χ1n) is 7.15. The number of amides is 1. The van der Waals surface area contributed by atoms with Crippen LogP contribution in [0.3, 0.4) is 0 Å². The number of halogens is 1. The van der Waals surface area contributed by atoms with Crippen LogP contribution in [0.2, 0.25) is 0 Å². The molecule has 0 unspecified atom stereocenters. The van der Waals surface area contributed by atoms with E-state index in [0.717, 1.165) is 32.1 Å². The van der Waals surface area contributed by atoms with Crippen molar-refractivity contribution in [1.82, 2.24) is 15.1 Å². The van der Waals surface area contributed by atoms with Gasteiger partial charge in [0.15, 0.2) is 5.69 Å². The molecule has 1 aromatic heterocycles. The maximum Gasteiger partial charge on any atom is 0.275 e. The molecule has 1 amide bonds. The Kier molecular flexibility index (Phi) is 4.93. The van der Waals surface area contributed by atoms with Gasteiger partial charge in [-0.2, -0.15) is 5.10 Å². The van der Waals surface area contributed by atoms with E-state index in [1.807, 2.05) is 6.92 Å². The topological polar surface area (TPSA) is 83.1 Å². The molecule has 2 rings (SSSR count). The number of nitrogens with one attached hydrogen (secondary N) is 1. The van der Waals surface area contributed by atoms with Gasteiger partial charge in [0, 0.05) is 23.8 Å². The van der Waals surface area contributed by atoms with Gasteiger partial charge in [0.05, 0.1) is 5.69 Å². The van der Waals surface area contributed by atoms with Gasteiger partial charge in [-0.3, -0.25) is 9.89 Å². The third kappa shape index (κ3) is 3.40. The van der Waals surface area contributed by atoms with Crippen LogP contribution in [-0.2, 0) is 15.5 Å². The normalized spacial score (nSPS) is 16.3. The molecule has 0 atom stereocenters. The summed E-state index contributed by atoms with van der Waals surface area (Å²) in [7, 11) is 3.17. The molecular formula is C13H20ClN3O3S. The summed E-state index contributed by atoms with van der Waals surface area (Å²) in [6, 6.07) is 0.148. The first kappa shape index (κ1) is 16.3. The minimum absolute atomic E-state index is 0.0946. The van der Waals surface area contributed by atoms with E-state index in [9.17, 15) is 13.2 Å². The van der Waals surface area contributed by atoms with Crippen molar-refractivity contribution < 1.29 is 13.2 Å². The zero-order valence-corrected chi connectivity index (χ0v) is 13.8. The zero-order chi connectivity index (χ0) is 15.6. The summed E-state index contributed by atoms with van der Waals surface area (Å²) < 4.78 is 23.6. The SMILES string of the molecule is CCCc1[nH]nc(C(=O)N(C)C2CCCC2)c1S(=O)(=O)Cl. The van der Waals surface area contributed by atoms with Crippen molar-refractivity contribution >= 4 is 25.6 Å². The molecule has 0 radical (unpaired) electrons. The Morgan fingerprint density at radius 3 is 2.57 bits per heavy atom. The van der Waals surface area contributed by atoms with Crippen LogP contribution in [-0.4, -0.2) is 42.5 Å². The van der Waals surface area contributed by atoms with Crippen molar-refractivity contribution in [3.63, 3.8) is 0 Å². The average Bonchev–Trinajstić information content (AvgIpc) is 3.05. The van der Waals surface area contributed by atoms with E-state index < -0.39 is 9.05 Å². The Balaban J connectivity index is 2.36. The van der Waals surface area contributed by atoms with Gasteiger partial charge in [-0.1, -0.05) is 26.2 Å². The van der Waals surface area contributed by atoms with Crippen molar-refractivity contribution in [3.05, 3.63) is 11.4 Å². The maximum absolute atomic E-state index is 12.5. The monoisotopic (exact) mass is 333 g/mol. The van der Waals surface area contributed by atoms with Crippen LogP contribution < -0.4 is 0 Å². The van der Waals surface area contributed by atoms with E-state index in [-0.39, 0.29) is 22.5 Å². The minimum Gasteiger partial charge on any atom is -0.337 e. The molecular weight excluding hydrogens is 314 g/mol. The lowest BCUT2D eigenvalue weighted by Crippen LogP contribution is -2.36. The highest BCUT2D eigenvalue weighted by Crippen LogP contribution is 2.27. The van der Waals surface area contributed by atoms with E-state index in [1.54, 1.807) is 11.9 Å². The summed E-state index contributed by atoms with van der Waals surface area (Å²) in [6.45, 7) is 1.91. The van der Waals surface area contributed by atoms with E-state index in [1.165, 1.54) is 0 Å². The first-order valence-corrected chi connectivity index (χ1v) is 9.46. The van der Waals surface area contributed by atoms with Crippen LogP contribution in [0.5, 0.6) is 0 Å². The Morgan fingerprint density at radius 1 is 1.43 bits per heavy atom. The van der Waals surface area contributed by atoms with Crippen LogP contribution in [0, 0.1) is 0 Å². The molecule has 8 heteroatoms. The van der Waals surface area contributed by atoms with Crippen LogP contribution in [0.25, 0.3) is 0 Å². The van der Waals surface area contributed by atoms with Crippen molar-refractivity contribution in [1.29, 1.82) is 0 Å². The lowest BCUT2D eigenvalue weighted by Gasteiger charge is -2.23. The molecule has 1 heterocycles. The van der Waals surface area contributed by atoms with Crippen molar-refractivity contribution in [2.75, 3.05) is 7.05 Å². The lowest BCUT2D eigenvalue weighted by molar-refractivity contribution is 0.0725. The van der Waals surface area contributed by atoms with Gasteiger partial charge in [0.25, 0.3) is 15.0 Å². The summed E-state index contributed by atoms with van der Waals surface area (Å²) in [6.07, 6.45) is 5.27. The number of hydrogen-bond acceptors (Lipinski definition) is 4. The zero-order valence-electron chi connectivity index (χ0n) is 12.2. The molecule has 1 aliphatic rings. The van der Waals surface area contributed by atoms with Gasteiger partial charge >= 0.3 is 0 Å². The number of rotatable bonds is 5. The van der Waals surface area contributed by atoms with Crippen molar-refractivity contribution in [3.8, 4) is 0 Å². The number of nitrogens with zero attached hydrogens (tertiary/aromatic N) is 2. The molecule has 6 nitrogen and oxygen atoms in total. The van der Waals surface area contributed by atoms with Crippen LogP contribution in [0.1, 0.15) is 55.2 Å². The third-order valence-corrected chi connectivity index (χ3v) is 5.32. The summed E-state index contributed by atoms with van der Waals surface area (Å²) in [5.41, 5.74) is 0.304. The molecule has 1 aromatic rings. The third-order valence-electron chi connectivity index (χ3n) is 3.93. The van der Waals surface area contributed by atoms with Gasteiger partial charge in [-0.05, 0) is 19.3 Å². The number of carbonyl (C=O) groups excluding carboxylic acids is 1. The highest BCUT2D eigenvalue weighted by molar-refractivity contribution is 8.13. The highest BCUT2D eigenvalue weighted by Gasteiger charge is 2.32. The predicted octanol–water partition coefficient (Wildman–Crippen LogP) is 2.30. The van der Waals surface area contributed by atoms with Crippen molar-refractivity contribution in [2.45, 2.75) is 56.4 Å². The standard InChI is InChI=1S/C13H20ClN3O3S/c1-3-6-10-12(21(14,19)20)11(16-15-10)13(18)17(2)9-7-4-5-8-9/h9H,3-8H2,1-2H3,(H,15,16). The summed E-state index contributed by atoms with van der Waals surface area (Å²) in [5, 5.41) is 6.56. The van der Waals surface area contributed by atoms with E-state index >= 15 is 0 Å². The molecule has 0 aromatic carbocycles. The lowest BCUT2D eigenvalue weighted by atomic mass is 10.2. The summed E-state index contributed by atoms with van der Waals surface area (Å²) in [4.78, 5) is 14.0. The Hall–Kier alpha value is -1.08. The number of aromatic amines is 1. The fourth-order valence-corrected chi connectivity index (χ4v) is 4.12. The molecule has 118 valence electrons. The number of aryl methyl sites for hydroxylation is 1. The first-order chi connectivity index (χ1) is 9.86. The number of hydrogen-bond donors (Lipinski definition) is 1. The van der Waals surface area contributed by atoms with Gasteiger partial charge in [0.1, 0.15) is 4.90 Å². The summed E-state index contributed by atoms with van der Waals surface area (Å²) >= 11 is 0. The average molecular weight is 334 g/mol. The highest BCUT2D eigenvalue weighted by atomic mass is 35.7. The molecule has 1 saturated carbocycles. The van der Waals surface area contributed by atoms with Crippen LogP contribution in [0.15, 0.2) is 4.90 Å². The largest absolute Gasteiger partial charge is 0.337 e. The Bertz CT molecular complexity index is 621. The van der Waals surface area contributed by atoms with Crippen LogP contribution in [0.4, 0.5) is 0 Å². The molecule has 1 fully saturated rings. The molecule has 0 bridgehead atoms. The van der Waals surface area contributed by atoms with E-state index in [0.29, 0.717) is 12.1 Å². The van der Waals surface area contributed by atoms with Gasteiger partial charge in [-0.15, -0.1) is 0 Å². The van der Waals surface area contributed by atoms with E-state index in [4.69, 9.17) is 10.7 Å². The Labute approximate surface area is 129 Å². The number of H-pyrrole nitrogens is 1. The molecule has 1 aliphatic carbocycles. The quantitative estimate of drug-likeness (QED) is 0.838. The number of aromatic nitrogens is 2. The smallest absolute Gasteiger partial charge is 0.275 e. The molecule has 0 saturated heterocycles.